The number of hydrogen-bond acceptors (Lipinski definition) is 2. The van der Waals surface area contributed by atoms with Gasteiger partial charge in [0.2, 0.25) is 0 Å². The molecule has 86 valence electrons. The third kappa shape index (κ3) is 3.07. The summed E-state index contributed by atoms with van der Waals surface area (Å²) in [4.78, 5) is 12.0. The number of nitrogens with one attached hydrogen (secondary N) is 1. The molecule has 0 amide bonds. The molecule has 0 aromatic heterocycles. The molecule has 1 saturated heterocycles. The number of aliphatic carboxylic acids is 1. The van der Waals surface area contributed by atoms with Crippen molar-refractivity contribution in [2.75, 3.05) is 13.1 Å². The smallest absolute Gasteiger partial charge is 0.103 e. The Kier molecular flexibility index (Phi) is 3.57. The van der Waals surface area contributed by atoms with Crippen LogP contribution in [0.15, 0.2) is 30.3 Å². The molecular formula is C13H17NO2. The van der Waals surface area contributed by atoms with E-state index < -0.39 is 5.97 Å². The molecule has 1 aromatic rings. The first kappa shape index (κ1) is 11.1. The van der Waals surface area contributed by atoms with Gasteiger partial charge in [0.25, 0.3) is 0 Å². The lowest BCUT2D eigenvalue weighted by atomic mass is 10.1. The summed E-state index contributed by atoms with van der Waals surface area (Å²) >= 11 is 0. The highest BCUT2D eigenvalue weighted by atomic mass is 16.4. The van der Waals surface area contributed by atoms with E-state index in [9.17, 15) is 9.90 Å². The SMILES string of the molecule is O=C([O-])C[C@H]1CC[NH+](Cc2ccccc2)C1. The zero-order valence-electron chi connectivity index (χ0n) is 9.32. The van der Waals surface area contributed by atoms with Crippen molar-refractivity contribution in [2.24, 2.45) is 5.92 Å². The summed E-state index contributed by atoms with van der Waals surface area (Å²) in [6.07, 6.45) is 1.23. The molecule has 0 saturated carbocycles. The highest BCUT2D eigenvalue weighted by Gasteiger charge is 2.25. The minimum absolute atomic E-state index is 0.221. The van der Waals surface area contributed by atoms with E-state index in [1.807, 2.05) is 18.2 Å². The van der Waals surface area contributed by atoms with Crippen molar-refractivity contribution in [1.29, 1.82) is 0 Å². The van der Waals surface area contributed by atoms with E-state index >= 15 is 0 Å². The molecule has 1 heterocycles. The Balaban J connectivity index is 1.83. The van der Waals surface area contributed by atoms with E-state index in [-0.39, 0.29) is 6.42 Å². The minimum atomic E-state index is -0.911. The van der Waals surface area contributed by atoms with Crippen molar-refractivity contribution in [2.45, 2.75) is 19.4 Å². The monoisotopic (exact) mass is 219 g/mol. The number of carbonyl (C=O) groups excluding carboxylic acids is 1. The molecule has 1 aliphatic rings. The molecule has 1 N–H and O–H groups in total. The number of carboxylic acids is 1. The molecule has 2 rings (SSSR count). The van der Waals surface area contributed by atoms with E-state index in [0.717, 1.165) is 26.1 Å². The maximum Gasteiger partial charge on any atom is 0.103 e. The van der Waals surface area contributed by atoms with Crippen LogP contribution in [0.5, 0.6) is 0 Å². The molecule has 1 aliphatic heterocycles. The summed E-state index contributed by atoms with van der Waals surface area (Å²) < 4.78 is 0. The van der Waals surface area contributed by atoms with Gasteiger partial charge in [-0.3, -0.25) is 0 Å². The van der Waals surface area contributed by atoms with Gasteiger partial charge >= 0.3 is 0 Å². The van der Waals surface area contributed by atoms with Crippen LogP contribution in [-0.2, 0) is 11.3 Å². The predicted octanol–water partition coefficient (Wildman–Crippen LogP) is -0.769. The van der Waals surface area contributed by atoms with Crippen LogP contribution in [0.4, 0.5) is 0 Å². The first-order valence-electron chi connectivity index (χ1n) is 5.81. The fourth-order valence-electron chi connectivity index (χ4n) is 2.48. The van der Waals surface area contributed by atoms with Gasteiger partial charge in [0, 0.05) is 23.9 Å². The first-order valence-corrected chi connectivity index (χ1v) is 5.81. The van der Waals surface area contributed by atoms with Crippen LogP contribution in [0.25, 0.3) is 0 Å². The number of likely N-dealkylation sites (tertiary alicyclic amines) is 1. The van der Waals surface area contributed by atoms with Gasteiger partial charge in [-0.15, -0.1) is 0 Å². The molecule has 3 heteroatoms. The van der Waals surface area contributed by atoms with E-state index in [1.165, 1.54) is 10.5 Å². The summed E-state index contributed by atoms with van der Waals surface area (Å²) in [6, 6.07) is 10.4. The average molecular weight is 219 g/mol. The topological polar surface area (TPSA) is 44.6 Å². The molecule has 1 aromatic carbocycles. The van der Waals surface area contributed by atoms with E-state index in [0.29, 0.717) is 5.92 Å². The largest absolute Gasteiger partial charge is 0.550 e. The summed E-state index contributed by atoms with van der Waals surface area (Å²) in [5.41, 5.74) is 1.33. The number of rotatable bonds is 4. The second kappa shape index (κ2) is 5.12. The van der Waals surface area contributed by atoms with E-state index in [2.05, 4.69) is 12.1 Å². The van der Waals surface area contributed by atoms with Gasteiger partial charge in [-0.05, 0) is 6.42 Å². The van der Waals surface area contributed by atoms with Crippen LogP contribution in [0.2, 0.25) is 0 Å². The first-order chi connectivity index (χ1) is 7.74. The van der Waals surface area contributed by atoms with Gasteiger partial charge in [-0.2, -0.15) is 0 Å². The third-order valence-corrected chi connectivity index (χ3v) is 3.24. The molecule has 3 nitrogen and oxygen atoms in total. The van der Waals surface area contributed by atoms with Crippen molar-refractivity contribution in [3.05, 3.63) is 35.9 Å². The quantitative estimate of drug-likeness (QED) is 0.723. The van der Waals surface area contributed by atoms with Gasteiger partial charge in [0.1, 0.15) is 6.54 Å². The van der Waals surface area contributed by atoms with Crippen molar-refractivity contribution in [1.82, 2.24) is 0 Å². The maximum atomic E-state index is 10.5. The second-order valence-corrected chi connectivity index (χ2v) is 4.60. The van der Waals surface area contributed by atoms with Crippen molar-refractivity contribution >= 4 is 5.97 Å². The number of hydrogen-bond donors (Lipinski definition) is 1. The Hall–Kier alpha value is -1.35. The van der Waals surface area contributed by atoms with Gasteiger partial charge < -0.3 is 14.8 Å². The lowest BCUT2D eigenvalue weighted by Gasteiger charge is -2.13. The molecule has 1 unspecified atom stereocenters. The lowest BCUT2D eigenvalue weighted by Crippen LogP contribution is -3.08. The Morgan fingerprint density at radius 3 is 2.81 bits per heavy atom. The molecule has 0 bridgehead atoms. The zero-order valence-corrected chi connectivity index (χ0v) is 9.32. The molecular weight excluding hydrogens is 202 g/mol. The zero-order chi connectivity index (χ0) is 11.4. The number of carbonyl (C=O) groups is 1. The maximum absolute atomic E-state index is 10.5. The molecule has 16 heavy (non-hydrogen) atoms. The van der Waals surface area contributed by atoms with Crippen LogP contribution in [0, 0.1) is 5.92 Å². The molecule has 2 atom stereocenters. The average Bonchev–Trinajstić information content (AvgIpc) is 2.66. The summed E-state index contributed by atoms with van der Waals surface area (Å²) in [5.74, 6) is -0.602. The standard InChI is InChI=1S/C13H17NO2/c15-13(16)8-12-6-7-14(10-12)9-11-4-2-1-3-5-11/h1-5,12H,6-10H2,(H,15,16)/t12-/m1/s1. The highest BCUT2D eigenvalue weighted by Crippen LogP contribution is 2.09. The fraction of sp³-hybridized carbons (Fsp3) is 0.462. The fourth-order valence-corrected chi connectivity index (χ4v) is 2.48. The summed E-state index contributed by atoms with van der Waals surface area (Å²) in [5, 5.41) is 10.5. The minimum Gasteiger partial charge on any atom is -0.550 e. The van der Waals surface area contributed by atoms with Crippen LogP contribution in [0.3, 0.4) is 0 Å². The summed E-state index contributed by atoms with van der Waals surface area (Å²) in [7, 11) is 0. The molecule has 1 fully saturated rings. The van der Waals surface area contributed by atoms with Gasteiger partial charge in [0.05, 0.1) is 13.1 Å². The van der Waals surface area contributed by atoms with Crippen LogP contribution in [0.1, 0.15) is 18.4 Å². The van der Waals surface area contributed by atoms with Crippen LogP contribution < -0.4 is 10.0 Å². The second-order valence-electron chi connectivity index (χ2n) is 4.60. The predicted molar refractivity (Wildman–Crippen MR) is 58.6 cm³/mol. The van der Waals surface area contributed by atoms with Crippen molar-refractivity contribution in [3.63, 3.8) is 0 Å². The third-order valence-electron chi connectivity index (χ3n) is 3.24. The van der Waals surface area contributed by atoms with Crippen LogP contribution in [-0.4, -0.2) is 19.1 Å². The van der Waals surface area contributed by atoms with Gasteiger partial charge in [-0.1, -0.05) is 30.3 Å². The molecule has 0 radical (unpaired) electrons. The Bertz CT molecular complexity index is 350. The lowest BCUT2D eigenvalue weighted by molar-refractivity contribution is -0.902. The normalized spacial score (nSPS) is 24.5. The number of quaternary nitrogens is 1. The van der Waals surface area contributed by atoms with E-state index in [1.54, 1.807) is 0 Å². The van der Waals surface area contributed by atoms with Crippen molar-refractivity contribution < 1.29 is 14.8 Å². The number of carboxylic acid groups (broad SMARTS) is 1. The molecule has 0 spiro atoms. The summed E-state index contributed by atoms with van der Waals surface area (Å²) in [6.45, 7) is 3.04. The Morgan fingerprint density at radius 2 is 2.12 bits per heavy atom. The Labute approximate surface area is 95.7 Å². The van der Waals surface area contributed by atoms with Gasteiger partial charge in [-0.25, -0.2) is 0 Å². The molecule has 0 aliphatic carbocycles. The van der Waals surface area contributed by atoms with Gasteiger partial charge in [0.15, 0.2) is 0 Å². The van der Waals surface area contributed by atoms with Crippen molar-refractivity contribution in [3.8, 4) is 0 Å². The van der Waals surface area contributed by atoms with E-state index in [4.69, 9.17) is 0 Å². The Morgan fingerprint density at radius 1 is 1.38 bits per heavy atom. The van der Waals surface area contributed by atoms with Crippen LogP contribution >= 0.6 is 0 Å². The highest BCUT2D eigenvalue weighted by molar-refractivity contribution is 5.64. The number of benzene rings is 1.